The van der Waals surface area contributed by atoms with E-state index in [1.54, 1.807) is 12.1 Å². The van der Waals surface area contributed by atoms with Crippen LogP contribution in [0, 0.1) is 11.7 Å². The van der Waals surface area contributed by atoms with Gasteiger partial charge < -0.3 is 5.11 Å². The molecule has 102 valence electrons. The maximum Gasteiger partial charge on any atom is 0.131 e. The van der Waals surface area contributed by atoms with Gasteiger partial charge >= 0.3 is 0 Å². The summed E-state index contributed by atoms with van der Waals surface area (Å²) in [6, 6.07) is 4.76. The molecule has 0 aliphatic rings. The van der Waals surface area contributed by atoms with Crippen LogP contribution in [0.5, 0.6) is 5.75 Å². The highest BCUT2D eigenvalue weighted by Crippen LogP contribution is 2.27. The zero-order valence-corrected chi connectivity index (χ0v) is 11.9. The molecular weight excluding hydrogens is 229 g/mol. The molecule has 2 nitrogen and oxygen atoms in total. The van der Waals surface area contributed by atoms with Crippen molar-refractivity contribution in [2.45, 2.75) is 46.7 Å². The fraction of sp³-hybridized carbons (Fsp3) is 0.600. The lowest BCUT2D eigenvalue weighted by atomic mass is 10.0. The summed E-state index contributed by atoms with van der Waals surface area (Å²) < 4.78 is 13.9. The molecule has 1 atom stereocenters. The van der Waals surface area contributed by atoms with E-state index in [0.29, 0.717) is 17.5 Å². The maximum absolute atomic E-state index is 13.9. The Balaban J connectivity index is 2.98. The molecule has 0 aliphatic carbocycles. The van der Waals surface area contributed by atoms with Crippen LogP contribution in [-0.4, -0.2) is 22.6 Å². The van der Waals surface area contributed by atoms with Crippen molar-refractivity contribution in [2.75, 3.05) is 6.54 Å². The molecule has 0 radical (unpaired) electrons. The zero-order valence-electron chi connectivity index (χ0n) is 11.9. The van der Waals surface area contributed by atoms with Crippen LogP contribution < -0.4 is 0 Å². The van der Waals surface area contributed by atoms with E-state index in [-0.39, 0.29) is 17.6 Å². The molecule has 1 rings (SSSR count). The molecule has 1 unspecified atom stereocenters. The second kappa shape index (κ2) is 6.19. The molecule has 0 aliphatic heterocycles. The molecule has 1 N–H and O–H groups in total. The summed E-state index contributed by atoms with van der Waals surface area (Å²) in [5.41, 5.74) is 0.641. The van der Waals surface area contributed by atoms with E-state index >= 15 is 0 Å². The van der Waals surface area contributed by atoms with Gasteiger partial charge in [-0.15, -0.1) is 0 Å². The molecule has 1 aromatic rings. The normalized spacial score (nSPS) is 13.6. The largest absolute Gasteiger partial charge is 0.508 e. The van der Waals surface area contributed by atoms with Gasteiger partial charge in [-0.1, -0.05) is 19.9 Å². The third-order valence-corrected chi connectivity index (χ3v) is 3.17. The SMILES string of the molecule is CC(C)CN(C(C)C)C(C)c1ccc(O)cc1F. The highest BCUT2D eigenvalue weighted by Gasteiger charge is 2.22. The Morgan fingerprint density at radius 2 is 1.78 bits per heavy atom. The Morgan fingerprint density at radius 1 is 1.17 bits per heavy atom. The minimum atomic E-state index is -0.336. The number of hydrogen-bond acceptors (Lipinski definition) is 2. The molecule has 3 heteroatoms. The monoisotopic (exact) mass is 253 g/mol. The highest BCUT2D eigenvalue weighted by atomic mass is 19.1. The van der Waals surface area contributed by atoms with Crippen molar-refractivity contribution in [1.82, 2.24) is 4.90 Å². The number of nitrogens with zero attached hydrogens (tertiary/aromatic N) is 1. The van der Waals surface area contributed by atoms with Gasteiger partial charge in [0, 0.05) is 30.3 Å². The quantitative estimate of drug-likeness (QED) is 0.858. The van der Waals surface area contributed by atoms with Crippen LogP contribution in [0.15, 0.2) is 18.2 Å². The first-order valence-electron chi connectivity index (χ1n) is 6.57. The Bertz CT molecular complexity index is 390. The third-order valence-electron chi connectivity index (χ3n) is 3.17. The van der Waals surface area contributed by atoms with Crippen molar-refractivity contribution in [3.8, 4) is 5.75 Å². The lowest BCUT2D eigenvalue weighted by molar-refractivity contribution is 0.142. The Morgan fingerprint density at radius 3 is 2.22 bits per heavy atom. The van der Waals surface area contributed by atoms with Crippen LogP contribution in [-0.2, 0) is 0 Å². The van der Waals surface area contributed by atoms with Gasteiger partial charge in [0.1, 0.15) is 11.6 Å². The summed E-state index contributed by atoms with van der Waals surface area (Å²) in [5, 5.41) is 9.26. The molecule has 1 aromatic carbocycles. The van der Waals surface area contributed by atoms with Gasteiger partial charge in [0.15, 0.2) is 0 Å². The topological polar surface area (TPSA) is 23.5 Å². The summed E-state index contributed by atoms with van der Waals surface area (Å²) in [6.45, 7) is 11.5. The van der Waals surface area contributed by atoms with Crippen LogP contribution in [0.1, 0.15) is 46.2 Å². The van der Waals surface area contributed by atoms with Gasteiger partial charge in [-0.2, -0.15) is 0 Å². The van der Waals surface area contributed by atoms with E-state index in [0.717, 1.165) is 6.54 Å². The highest BCUT2D eigenvalue weighted by molar-refractivity contribution is 5.29. The first-order chi connectivity index (χ1) is 8.32. The van der Waals surface area contributed by atoms with Crippen LogP contribution >= 0.6 is 0 Å². The van der Waals surface area contributed by atoms with E-state index in [4.69, 9.17) is 0 Å². The molecule has 18 heavy (non-hydrogen) atoms. The van der Waals surface area contributed by atoms with Gasteiger partial charge in [-0.05, 0) is 32.8 Å². The van der Waals surface area contributed by atoms with Crippen LogP contribution in [0.2, 0.25) is 0 Å². The van der Waals surface area contributed by atoms with Crippen molar-refractivity contribution in [3.63, 3.8) is 0 Å². The number of benzene rings is 1. The average Bonchev–Trinajstić information content (AvgIpc) is 2.24. The standard InChI is InChI=1S/C15H24FNO/c1-10(2)9-17(11(3)4)12(5)14-7-6-13(18)8-15(14)16/h6-8,10-12,18H,9H2,1-5H3. The summed E-state index contributed by atoms with van der Waals surface area (Å²) in [7, 11) is 0. The number of rotatable bonds is 5. The number of aromatic hydroxyl groups is 1. The van der Waals surface area contributed by atoms with Crippen LogP contribution in [0.4, 0.5) is 4.39 Å². The molecule has 0 saturated carbocycles. The lowest BCUT2D eigenvalue weighted by Crippen LogP contribution is -2.36. The molecule has 0 spiro atoms. The predicted molar refractivity (Wildman–Crippen MR) is 73.2 cm³/mol. The summed E-state index contributed by atoms with van der Waals surface area (Å²) in [6.07, 6.45) is 0. The zero-order chi connectivity index (χ0) is 13.9. The minimum absolute atomic E-state index is 0.00741. The number of hydrogen-bond donors (Lipinski definition) is 1. The van der Waals surface area contributed by atoms with Crippen molar-refractivity contribution >= 4 is 0 Å². The van der Waals surface area contributed by atoms with Crippen molar-refractivity contribution < 1.29 is 9.50 Å². The van der Waals surface area contributed by atoms with Crippen molar-refractivity contribution in [2.24, 2.45) is 5.92 Å². The summed E-state index contributed by atoms with van der Waals surface area (Å²) >= 11 is 0. The van der Waals surface area contributed by atoms with E-state index in [2.05, 4.69) is 32.6 Å². The first kappa shape index (κ1) is 15.0. The Kier molecular flexibility index (Phi) is 5.15. The van der Waals surface area contributed by atoms with Gasteiger partial charge in [0.2, 0.25) is 0 Å². The fourth-order valence-electron chi connectivity index (χ4n) is 2.27. The molecule has 0 saturated heterocycles. The minimum Gasteiger partial charge on any atom is -0.508 e. The molecule has 0 aromatic heterocycles. The second-order valence-corrected chi connectivity index (χ2v) is 5.57. The van der Waals surface area contributed by atoms with Crippen molar-refractivity contribution in [1.29, 1.82) is 0 Å². The predicted octanol–water partition coefficient (Wildman–Crippen LogP) is 3.96. The van der Waals surface area contributed by atoms with E-state index in [9.17, 15) is 9.50 Å². The van der Waals surface area contributed by atoms with Gasteiger partial charge in [0.05, 0.1) is 0 Å². The van der Waals surface area contributed by atoms with Gasteiger partial charge in [-0.3, -0.25) is 4.90 Å². The third kappa shape index (κ3) is 3.70. The fourth-order valence-corrected chi connectivity index (χ4v) is 2.27. The van der Waals surface area contributed by atoms with E-state index in [1.807, 2.05) is 6.92 Å². The summed E-state index contributed by atoms with van der Waals surface area (Å²) in [5.74, 6) is 0.176. The first-order valence-corrected chi connectivity index (χ1v) is 6.57. The molecule has 0 heterocycles. The van der Waals surface area contributed by atoms with E-state index < -0.39 is 0 Å². The number of phenolic OH excluding ortho intramolecular Hbond substituents is 1. The number of halogens is 1. The molecule has 0 fully saturated rings. The van der Waals surface area contributed by atoms with Crippen molar-refractivity contribution in [3.05, 3.63) is 29.6 Å². The number of phenols is 1. The Hall–Kier alpha value is -1.09. The van der Waals surface area contributed by atoms with Crippen LogP contribution in [0.3, 0.4) is 0 Å². The second-order valence-electron chi connectivity index (χ2n) is 5.57. The summed E-state index contributed by atoms with van der Waals surface area (Å²) in [4.78, 5) is 2.28. The molecule has 0 amide bonds. The Labute approximate surface area is 109 Å². The lowest BCUT2D eigenvalue weighted by Gasteiger charge is -2.34. The van der Waals surface area contributed by atoms with Gasteiger partial charge in [0.25, 0.3) is 0 Å². The van der Waals surface area contributed by atoms with Gasteiger partial charge in [-0.25, -0.2) is 4.39 Å². The molecule has 0 bridgehead atoms. The molecular formula is C15H24FNO. The van der Waals surface area contributed by atoms with E-state index in [1.165, 1.54) is 6.07 Å². The van der Waals surface area contributed by atoms with Crippen LogP contribution in [0.25, 0.3) is 0 Å². The maximum atomic E-state index is 13.9. The smallest absolute Gasteiger partial charge is 0.131 e. The average molecular weight is 253 g/mol.